The van der Waals surface area contributed by atoms with E-state index in [1.807, 2.05) is 38.1 Å². The molecular weight excluding hydrogens is 270 g/mol. The molecule has 6 heteroatoms. The molecule has 0 aliphatic carbocycles. The number of hydrogen-bond acceptors (Lipinski definition) is 3. The van der Waals surface area contributed by atoms with E-state index < -0.39 is 12.0 Å². The van der Waals surface area contributed by atoms with Gasteiger partial charge in [0, 0.05) is 5.39 Å². The summed E-state index contributed by atoms with van der Waals surface area (Å²) in [5, 5.41) is 19.6. The zero-order chi connectivity index (χ0) is 15.4. The van der Waals surface area contributed by atoms with Gasteiger partial charge in [0.25, 0.3) is 0 Å². The van der Waals surface area contributed by atoms with Crippen molar-refractivity contribution in [3.63, 3.8) is 0 Å². The highest BCUT2D eigenvalue weighted by Gasteiger charge is 2.25. The van der Waals surface area contributed by atoms with Gasteiger partial charge in [0.15, 0.2) is 0 Å². The minimum absolute atomic E-state index is 0.0841. The van der Waals surface area contributed by atoms with E-state index in [1.165, 1.54) is 0 Å². The number of carbonyl (C=O) groups excluding carboxylic acids is 1. The van der Waals surface area contributed by atoms with Crippen molar-refractivity contribution in [1.82, 2.24) is 15.5 Å². The molecule has 1 aromatic carbocycles. The number of nitrogens with zero attached hydrogens (tertiary/aromatic N) is 1. The van der Waals surface area contributed by atoms with Crippen molar-refractivity contribution in [3.8, 4) is 0 Å². The number of carboxylic acids is 1. The summed E-state index contributed by atoms with van der Waals surface area (Å²) in [5.41, 5.74) is 1.48. The molecule has 0 bridgehead atoms. The van der Waals surface area contributed by atoms with Gasteiger partial charge in [-0.2, -0.15) is 5.10 Å². The van der Waals surface area contributed by atoms with E-state index in [-0.39, 0.29) is 18.2 Å². The number of aromatic nitrogens is 2. The van der Waals surface area contributed by atoms with Crippen LogP contribution in [0, 0.1) is 5.92 Å². The molecule has 112 valence electrons. The minimum atomic E-state index is -1.01. The Bertz CT molecular complexity index is 650. The molecule has 0 fully saturated rings. The number of aliphatic carboxylic acids is 1. The van der Waals surface area contributed by atoms with Gasteiger partial charge < -0.3 is 10.4 Å². The fourth-order valence-electron chi connectivity index (χ4n) is 2.22. The first-order valence-electron chi connectivity index (χ1n) is 6.97. The summed E-state index contributed by atoms with van der Waals surface area (Å²) in [5.74, 6) is -1.45. The fourth-order valence-corrected chi connectivity index (χ4v) is 2.22. The first-order chi connectivity index (χ1) is 10.0. The van der Waals surface area contributed by atoms with Crippen LogP contribution in [0.3, 0.4) is 0 Å². The molecule has 3 N–H and O–H groups in total. The molecule has 6 nitrogen and oxygen atoms in total. The maximum Gasteiger partial charge on any atom is 0.326 e. The molecule has 0 saturated heterocycles. The molecule has 0 radical (unpaired) electrons. The standard InChI is InChI=1S/C15H19N3O3/c1-3-9(2)14(15(20)21)16-13(19)8-12-10-6-4-5-7-11(10)17-18-12/h4-7,9,14H,3,8H2,1-2H3,(H,16,19)(H,17,18)(H,20,21)/t9-,14-/m0/s1. The van der Waals surface area contributed by atoms with Gasteiger partial charge in [-0.1, -0.05) is 38.5 Å². The van der Waals surface area contributed by atoms with Crippen LogP contribution < -0.4 is 5.32 Å². The normalized spacial score (nSPS) is 13.8. The molecule has 1 amide bonds. The molecular formula is C15H19N3O3. The summed E-state index contributed by atoms with van der Waals surface area (Å²) in [6.45, 7) is 3.71. The molecule has 0 aliphatic rings. The maximum absolute atomic E-state index is 12.1. The summed E-state index contributed by atoms with van der Waals surface area (Å²) < 4.78 is 0. The van der Waals surface area contributed by atoms with Gasteiger partial charge in [-0.05, 0) is 12.0 Å². The van der Waals surface area contributed by atoms with Crippen molar-refractivity contribution in [2.45, 2.75) is 32.7 Å². The molecule has 2 atom stereocenters. The van der Waals surface area contributed by atoms with Gasteiger partial charge in [0.05, 0.1) is 17.6 Å². The number of carboxylic acid groups (broad SMARTS) is 1. The van der Waals surface area contributed by atoms with E-state index in [1.54, 1.807) is 0 Å². The van der Waals surface area contributed by atoms with Gasteiger partial charge in [0.1, 0.15) is 6.04 Å². The van der Waals surface area contributed by atoms with Gasteiger partial charge in [-0.25, -0.2) is 4.79 Å². The number of benzene rings is 1. The Balaban J connectivity index is 2.09. The zero-order valence-corrected chi connectivity index (χ0v) is 12.1. The monoisotopic (exact) mass is 289 g/mol. The van der Waals surface area contributed by atoms with E-state index in [4.69, 9.17) is 0 Å². The zero-order valence-electron chi connectivity index (χ0n) is 12.1. The largest absolute Gasteiger partial charge is 0.480 e. The lowest BCUT2D eigenvalue weighted by Gasteiger charge is -2.19. The third kappa shape index (κ3) is 3.39. The van der Waals surface area contributed by atoms with Crippen LogP contribution >= 0.6 is 0 Å². The topological polar surface area (TPSA) is 95.1 Å². The van der Waals surface area contributed by atoms with Gasteiger partial charge in [-0.3, -0.25) is 9.89 Å². The second-order valence-electron chi connectivity index (χ2n) is 5.17. The number of fused-ring (bicyclic) bond motifs is 1. The molecule has 0 spiro atoms. The third-order valence-corrected chi connectivity index (χ3v) is 3.67. The Morgan fingerprint density at radius 2 is 2.10 bits per heavy atom. The summed E-state index contributed by atoms with van der Waals surface area (Å²) in [7, 11) is 0. The van der Waals surface area contributed by atoms with Crippen LogP contribution in [0.15, 0.2) is 24.3 Å². The first-order valence-corrected chi connectivity index (χ1v) is 6.97. The van der Waals surface area contributed by atoms with Crippen molar-refractivity contribution < 1.29 is 14.7 Å². The van der Waals surface area contributed by atoms with Crippen LogP contribution in [0.5, 0.6) is 0 Å². The van der Waals surface area contributed by atoms with E-state index in [9.17, 15) is 14.7 Å². The molecule has 1 aromatic heterocycles. The summed E-state index contributed by atoms with van der Waals surface area (Å²) in [6, 6.07) is 6.61. The van der Waals surface area contributed by atoms with Gasteiger partial charge >= 0.3 is 5.97 Å². The number of H-pyrrole nitrogens is 1. The maximum atomic E-state index is 12.1. The van der Waals surface area contributed by atoms with Crippen LogP contribution in [0.25, 0.3) is 10.9 Å². The lowest BCUT2D eigenvalue weighted by Crippen LogP contribution is -2.45. The van der Waals surface area contributed by atoms with Gasteiger partial charge in [-0.15, -0.1) is 0 Å². The number of para-hydroxylation sites is 1. The van der Waals surface area contributed by atoms with Crippen LogP contribution in [0.4, 0.5) is 0 Å². The highest BCUT2D eigenvalue weighted by molar-refractivity contribution is 5.89. The van der Waals surface area contributed by atoms with E-state index >= 15 is 0 Å². The third-order valence-electron chi connectivity index (χ3n) is 3.67. The van der Waals surface area contributed by atoms with Crippen molar-refractivity contribution >= 4 is 22.8 Å². The Morgan fingerprint density at radius 3 is 2.76 bits per heavy atom. The van der Waals surface area contributed by atoms with Crippen molar-refractivity contribution in [2.75, 3.05) is 0 Å². The summed E-state index contributed by atoms with van der Waals surface area (Å²) in [6.07, 6.45) is 0.769. The highest BCUT2D eigenvalue weighted by atomic mass is 16.4. The smallest absolute Gasteiger partial charge is 0.326 e. The Kier molecular flexibility index (Phi) is 4.57. The van der Waals surface area contributed by atoms with Crippen LogP contribution in [0.1, 0.15) is 26.0 Å². The van der Waals surface area contributed by atoms with E-state index in [0.717, 1.165) is 10.9 Å². The Hall–Kier alpha value is -2.37. The molecule has 0 saturated carbocycles. The van der Waals surface area contributed by atoms with Gasteiger partial charge in [0.2, 0.25) is 5.91 Å². The molecule has 2 aromatic rings. The molecule has 21 heavy (non-hydrogen) atoms. The van der Waals surface area contributed by atoms with E-state index in [0.29, 0.717) is 12.1 Å². The number of rotatable bonds is 6. The average molecular weight is 289 g/mol. The van der Waals surface area contributed by atoms with Crippen molar-refractivity contribution in [3.05, 3.63) is 30.0 Å². The predicted molar refractivity (Wildman–Crippen MR) is 78.8 cm³/mol. The molecule has 0 aliphatic heterocycles. The fraction of sp³-hybridized carbons (Fsp3) is 0.400. The summed E-state index contributed by atoms with van der Waals surface area (Å²) in [4.78, 5) is 23.3. The number of hydrogen-bond donors (Lipinski definition) is 3. The lowest BCUT2D eigenvalue weighted by molar-refractivity contribution is -0.143. The Morgan fingerprint density at radius 1 is 1.38 bits per heavy atom. The van der Waals surface area contributed by atoms with Crippen LogP contribution in [-0.4, -0.2) is 33.2 Å². The summed E-state index contributed by atoms with van der Waals surface area (Å²) >= 11 is 0. The number of amides is 1. The van der Waals surface area contributed by atoms with Crippen molar-refractivity contribution in [2.24, 2.45) is 5.92 Å². The molecule has 0 unspecified atom stereocenters. The van der Waals surface area contributed by atoms with Crippen molar-refractivity contribution in [1.29, 1.82) is 0 Å². The quantitative estimate of drug-likeness (QED) is 0.754. The first kappa shape index (κ1) is 15.0. The Labute approximate surface area is 122 Å². The second kappa shape index (κ2) is 6.39. The average Bonchev–Trinajstić information content (AvgIpc) is 2.87. The SMILES string of the molecule is CC[C@H](C)[C@H](NC(=O)Cc1[nH]nc2ccccc12)C(=O)O. The van der Waals surface area contributed by atoms with E-state index in [2.05, 4.69) is 15.5 Å². The van der Waals surface area contributed by atoms with Crippen LogP contribution in [-0.2, 0) is 16.0 Å². The predicted octanol–water partition coefficient (Wildman–Crippen LogP) is 1.72. The highest BCUT2D eigenvalue weighted by Crippen LogP contribution is 2.16. The molecule has 1 heterocycles. The number of nitrogens with one attached hydrogen (secondary N) is 2. The minimum Gasteiger partial charge on any atom is -0.480 e. The number of carbonyl (C=O) groups is 2. The second-order valence-corrected chi connectivity index (χ2v) is 5.17. The molecule has 2 rings (SSSR count). The lowest BCUT2D eigenvalue weighted by atomic mass is 9.99. The number of aromatic amines is 1. The van der Waals surface area contributed by atoms with Crippen LogP contribution in [0.2, 0.25) is 0 Å².